The van der Waals surface area contributed by atoms with Crippen LogP contribution in [0.2, 0.25) is 0 Å². The Kier molecular flexibility index (Phi) is 4.35. The molecule has 1 aliphatic heterocycles. The minimum absolute atomic E-state index is 0.0855. The second-order valence-corrected chi connectivity index (χ2v) is 3.83. The van der Waals surface area contributed by atoms with Crippen LogP contribution in [0.25, 0.3) is 0 Å². The average Bonchev–Trinajstić information content (AvgIpc) is 2.68. The molecule has 0 amide bonds. The van der Waals surface area contributed by atoms with Crippen LogP contribution in [-0.4, -0.2) is 31.3 Å². The Morgan fingerprint density at radius 1 is 1.71 bits per heavy atom. The number of rotatable bonds is 4. The van der Waals surface area contributed by atoms with Gasteiger partial charge in [-0.2, -0.15) is 0 Å². The zero-order valence-corrected chi connectivity index (χ0v) is 8.86. The van der Waals surface area contributed by atoms with Crippen molar-refractivity contribution in [2.75, 3.05) is 13.2 Å². The van der Waals surface area contributed by atoms with Crippen molar-refractivity contribution in [1.82, 2.24) is 0 Å². The maximum absolute atomic E-state index is 11.5. The first-order valence-corrected chi connectivity index (χ1v) is 5.19. The number of nitrogens with two attached hydrogens (primary N) is 1. The van der Waals surface area contributed by atoms with E-state index in [1.165, 1.54) is 0 Å². The van der Waals surface area contributed by atoms with E-state index in [9.17, 15) is 4.79 Å². The van der Waals surface area contributed by atoms with Crippen LogP contribution in [0.3, 0.4) is 0 Å². The maximum atomic E-state index is 11.5. The molecule has 1 aliphatic rings. The molecule has 1 rings (SSSR count). The van der Waals surface area contributed by atoms with Gasteiger partial charge in [-0.25, -0.2) is 0 Å². The van der Waals surface area contributed by atoms with Gasteiger partial charge >= 0.3 is 5.97 Å². The van der Waals surface area contributed by atoms with Crippen LogP contribution in [-0.2, 0) is 14.3 Å². The predicted molar refractivity (Wildman–Crippen MR) is 52.7 cm³/mol. The van der Waals surface area contributed by atoms with E-state index >= 15 is 0 Å². The normalized spacial score (nSPS) is 25.8. The number of carbonyl (C=O) groups excluding carboxylic acids is 1. The topological polar surface area (TPSA) is 61.6 Å². The van der Waals surface area contributed by atoms with Crippen LogP contribution in [0, 0.1) is 5.92 Å². The summed E-state index contributed by atoms with van der Waals surface area (Å²) >= 11 is 0. The summed E-state index contributed by atoms with van der Waals surface area (Å²) in [4.78, 5) is 11.5. The van der Waals surface area contributed by atoms with Crippen molar-refractivity contribution >= 4 is 5.97 Å². The van der Waals surface area contributed by atoms with Gasteiger partial charge in [-0.3, -0.25) is 4.79 Å². The van der Waals surface area contributed by atoms with Crippen molar-refractivity contribution < 1.29 is 14.3 Å². The fourth-order valence-corrected chi connectivity index (χ4v) is 1.33. The van der Waals surface area contributed by atoms with Gasteiger partial charge in [0, 0.05) is 6.42 Å². The van der Waals surface area contributed by atoms with Crippen LogP contribution in [0.4, 0.5) is 0 Å². The van der Waals surface area contributed by atoms with E-state index < -0.39 is 6.04 Å². The molecule has 0 spiro atoms. The van der Waals surface area contributed by atoms with Crippen LogP contribution in [0.1, 0.15) is 26.7 Å². The molecule has 14 heavy (non-hydrogen) atoms. The van der Waals surface area contributed by atoms with Crippen molar-refractivity contribution in [1.29, 1.82) is 0 Å². The smallest absolute Gasteiger partial charge is 0.323 e. The lowest BCUT2D eigenvalue weighted by Gasteiger charge is -2.19. The summed E-state index contributed by atoms with van der Waals surface area (Å²) in [6.45, 7) is 5.16. The molecule has 0 aromatic carbocycles. The van der Waals surface area contributed by atoms with Crippen LogP contribution < -0.4 is 5.73 Å². The summed E-state index contributed by atoms with van der Waals surface area (Å²) in [6.07, 6.45) is 1.59. The third-order valence-corrected chi connectivity index (χ3v) is 2.70. The number of hydrogen-bond acceptors (Lipinski definition) is 4. The zero-order chi connectivity index (χ0) is 10.6. The molecule has 0 aromatic rings. The van der Waals surface area contributed by atoms with Gasteiger partial charge in [0.25, 0.3) is 0 Å². The first kappa shape index (κ1) is 11.5. The maximum Gasteiger partial charge on any atom is 0.323 e. The number of hydrogen-bond donors (Lipinski definition) is 1. The highest BCUT2D eigenvalue weighted by molar-refractivity contribution is 5.76. The van der Waals surface area contributed by atoms with Gasteiger partial charge in [0.05, 0.1) is 13.2 Å². The molecule has 3 atom stereocenters. The third-order valence-electron chi connectivity index (χ3n) is 2.70. The molecule has 0 radical (unpaired) electrons. The second-order valence-electron chi connectivity index (χ2n) is 3.83. The van der Waals surface area contributed by atoms with Gasteiger partial charge in [0.2, 0.25) is 0 Å². The van der Waals surface area contributed by atoms with Gasteiger partial charge in [-0.05, 0) is 5.92 Å². The molecule has 0 aromatic heterocycles. The lowest BCUT2D eigenvalue weighted by atomic mass is 10.0. The van der Waals surface area contributed by atoms with Gasteiger partial charge < -0.3 is 15.2 Å². The number of ether oxygens (including phenoxy) is 2. The van der Waals surface area contributed by atoms with Gasteiger partial charge in [0.1, 0.15) is 12.1 Å². The Morgan fingerprint density at radius 3 is 2.93 bits per heavy atom. The van der Waals surface area contributed by atoms with E-state index in [1.54, 1.807) is 0 Å². The van der Waals surface area contributed by atoms with Crippen molar-refractivity contribution in [2.24, 2.45) is 11.7 Å². The van der Waals surface area contributed by atoms with E-state index in [0.29, 0.717) is 13.2 Å². The van der Waals surface area contributed by atoms with E-state index in [2.05, 4.69) is 0 Å². The highest BCUT2D eigenvalue weighted by atomic mass is 16.6. The Labute approximate surface area is 84.7 Å². The second kappa shape index (κ2) is 5.32. The van der Waals surface area contributed by atoms with Crippen molar-refractivity contribution in [3.63, 3.8) is 0 Å². The molecular weight excluding hydrogens is 182 g/mol. The molecule has 4 heteroatoms. The Balaban J connectivity index is 2.32. The molecule has 1 unspecified atom stereocenters. The minimum atomic E-state index is -0.499. The molecular formula is C10H19NO3. The lowest BCUT2D eigenvalue weighted by molar-refractivity contribution is -0.151. The fourth-order valence-electron chi connectivity index (χ4n) is 1.33. The summed E-state index contributed by atoms with van der Waals surface area (Å²) in [6, 6.07) is -0.499. The summed E-state index contributed by atoms with van der Waals surface area (Å²) in [5.74, 6) is -0.125. The lowest BCUT2D eigenvalue weighted by Crippen LogP contribution is -2.39. The van der Waals surface area contributed by atoms with Crippen LogP contribution >= 0.6 is 0 Å². The largest absolute Gasteiger partial charge is 0.459 e. The standard InChI is InChI=1S/C10H19NO3/c1-3-7(2)9(11)10(12)14-8-4-5-13-6-8/h7-9H,3-6,11H2,1-2H3/t7-,8?,9-/m0/s1. The molecule has 1 saturated heterocycles. The summed E-state index contributed by atoms with van der Waals surface area (Å²) in [5, 5.41) is 0. The highest BCUT2D eigenvalue weighted by Crippen LogP contribution is 2.12. The van der Waals surface area contributed by atoms with Gasteiger partial charge in [-0.1, -0.05) is 20.3 Å². The van der Waals surface area contributed by atoms with E-state index in [-0.39, 0.29) is 18.0 Å². The quantitative estimate of drug-likeness (QED) is 0.680. The summed E-state index contributed by atoms with van der Waals surface area (Å²) in [7, 11) is 0. The molecule has 2 N–H and O–H groups in total. The number of esters is 1. The van der Waals surface area contributed by atoms with Crippen LogP contribution in [0.15, 0.2) is 0 Å². The zero-order valence-electron chi connectivity index (χ0n) is 8.86. The SMILES string of the molecule is CC[C@H](C)[C@H](N)C(=O)OC1CCOC1. The third kappa shape index (κ3) is 2.96. The van der Waals surface area contributed by atoms with Gasteiger partial charge in [-0.15, -0.1) is 0 Å². The monoisotopic (exact) mass is 201 g/mol. The Morgan fingerprint density at radius 2 is 2.43 bits per heavy atom. The molecule has 82 valence electrons. The minimum Gasteiger partial charge on any atom is -0.459 e. The number of carbonyl (C=O) groups is 1. The fraction of sp³-hybridized carbons (Fsp3) is 0.900. The molecule has 0 aliphatic carbocycles. The van der Waals surface area contributed by atoms with E-state index in [1.807, 2.05) is 13.8 Å². The first-order chi connectivity index (χ1) is 6.65. The molecule has 1 fully saturated rings. The molecule has 4 nitrogen and oxygen atoms in total. The molecule has 0 saturated carbocycles. The van der Waals surface area contributed by atoms with Gasteiger partial charge in [0.15, 0.2) is 0 Å². The highest BCUT2D eigenvalue weighted by Gasteiger charge is 2.26. The van der Waals surface area contributed by atoms with Crippen molar-refractivity contribution in [3.8, 4) is 0 Å². The molecule has 0 bridgehead atoms. The van der Waals surface area contributed by atoms with E-state index in [0.717, 1.165) is 12.8 Å². The first-order valence-electron chi connectivity index (χ1n) is 5.19. The van der Waals surface area contributed by atoms with Crippen LogP contribution in [0.5, 0.6) is 0 Å². The summed E-state index contributed by atoms with van der Waals surface area (Å²) < 4.78 is 10.3. The predicted octanol–water partition coefficient (Wildman–Crippen LogP) is 0.692. The van der Waals surface area contributed by atoms with Crippen molar-refractivity contribution in [2.45, 2.75) is 38.8 Å². The van der Waals surface area contributed by atoms with Crippen molar-refractivity contribution in [3.05, 3.63) is 0 Å². The Bertz CT molecular complexity index is 190. The Hall–Kier alpha value is -0.610. The van der Waals surface area contributed by atoms with E-state index in [4.69, 9.17) is 15.2 Å². The molecule has 1 heterocycles. The average molecular weight is 201 g/mol. The summed E-state index contributed by atoms with van der Waals surface area (Å²) in [5.41, 5.74) is 5.73.